The van der Waals surface area contributed by atoms with Gasteiger partial charge in [-0.05, 0) is 69.3 Å². The number of nitrogens with zero attached hydrogens (tertiary/aromatic N) is 3. The fourth-order valence-electron chi connectivity index (χ4n) is 3.48. The van der Waals surface area contributed by atoms with Crippen LogP contribution in [0, 0.1) is 13.8 Å². The highest BCUT2D eigenvalue weighted by Gasteiger charge is 2.18. The maximum atomic E-state index is 11.1. The first-order valence-corrected chi connectivity index (χ1v) is 11.9. The van der Waals surface area contributed by atoms with Crippen molar-refractivity contribution in [3.05, 3.63) is 39.8 Å². The van der Waals surface area contributed by atoms with Crippen molar-refractivity contribution >= 4 is 17.2 Å². The second kappa shape index (κ2) is 11.6. The molecule has 0 bridgehead atoms. The number of rotatable bonds is 11. The van der Waals surface area contributed by atoms with Crippen LogP contribution in [0.2, 0.25) is 0 Å². The highest BCUT2D eigenvalue weighted by Crippen LogP contribution is 2.34. The van der Waals surface area contributed by atoms with Gasteiger partial charge in [0.1, 0.15) is 25.1 Å². The van der Waals surface area contributed by atoms with Crippen LogP contribution in [0.3, 0.4) is 0 Å². The summed E-state index contributed by atoms with van der Waals surface area (Å²) < 4.78 is 11.5. The number of benzene rings is 1. The molecular formula is C24H32N4O5S. The van der Waals surface area contributed by atoms with Crippen LogP contribution >= 0.6 is 11.3 Å². The van der Waals surface area contributed by atoms with Crippen LogP contribution in [0.15, 0.2) is 22.7 Å². The predicted octanol–water partition coefficient (Wildman–Crippen LogP) is 2.55. The van der Waals surface area contributed by atoms with Gasteiger partial charge < -0.3 is 29.7 Å². The molecule has 2 heterocycles. The Kier molecular flexibility index (Phi) is 8.78. The van der Waals surface area contributed by atoms with Gasteiger partial charge in [-0.2, -0.15) is 4.98 Å². The van der Waals surface area contributed by atoms with Crippen molar-refractivity contribution in [2.75, 3.05) is 33.9 Å². The molecule has 1 unspecified atom stereocenters. The number of carbonyl (C=O) groups is 1. The highest BCUT2D eigenvalue weighted by molar-refractivity contribution is 7.15. The van der Waals surface area contributed by atoms with E-state index in [4.69, 9.17) is 14.4 Å². The Morgan fingerprint density at radius 3 is 2.71 bits per heavy atom. The lowest BCUT2D eigenvalue weighted by Gasteiger charge is -2.17. The smallest absolute Gasteiger partial charge is 0.258 e. The summed E-state index contributed by atoms with van der Waals surface area (Å²) in [7, 11) is 4.09. The van der Waals surface area contributed by atoms with Crippen molar-refractivity contribution in [2.24, 2.45) is 0 Å². The molecule has 1 atom stereocenters. The SMILES string of the molecule is CCc1cc(-c2nc(-c3cc(C)c(CN(C)C)s3)no2)cc(C)c1OCC(O)CNC(=O)CO. The van der Waals surface area contributed by atoms with Crippen LogP contribution in [-0.2, 0) is 17.8 Å². The Bertz CT molecular complexity index is 1120. The number of hydrogen-bond donors (Lipinski definition) is 3. The normalized spacial score (nSPS) is 12.2. The van der Waals surface area contributed by atoms with Crippen molar-refractivity contribution < 1.29 is 24.3 Å². The number of carbonyl (C=O) groups excluding carboxylic acids is 1. The topological polar surface area (TPSA) is 121 Å². The first kappa shape index (κ1) is 25.8. The molecule has 0 saturated carbocycles. The van der Waals surface area contributed by atoms with Crippen molar-refractivity contribution in [2.45, 2.75) is 39.8 Å². The molecule has 1 aromatic carbocycles. The lowest BCUT2D eigenvalue weighted by molar-refractivity contribution is -0.124. The van der Waals surface area contributed by atoms with E-state index in [-0.39, 0.29) is 13.2 Å². The summed E-state index contributed by atoms with van der Waals surface area (Å²) in [6, 6.07) is 5.96. The molecule has 0 fully saturated rings. The van der Waals surface area contributed by atoms with E-state index in [1.165, 1.54) is 10.4 Å². The van der Waals surface area contributed by atoms with Crippen LogP contribution in [0.1, 0.15) is 28.5 Å². The summed E-state index contributed by atoms with van der Waals surface area (Å²) in [6.45, 7) is 6.29. The molecule has 0 spiro atoms. The molecule has 0 aliphatic carbocycles. The van der Waals surface area contributed by atoms with Gasteiger partial charge in [-0.1, -0.05) is 12.1 Å². The molecule has 0 aliphatic heterocycles. The second-order valence-electron chi connectivity index (χ2n) is 8.44. The zero-order valence-corrected chi connectivity index (χ0v) is 21.0. The number of thiophene rings is 1. The largest absolute Gasteiger partial charge is 0.490 e. The third-order valence-electron chi connectivity index (χ3n) is 5.20. The zero-order valence-electron chi connectivity index (χ0n) is 20.2. The first-order chi connectivity index (χ1) is 16.2. The highest BCUT2D eigenvalue weighted by atomic mass is 32.1. The summed E-state index contributed by atoms with van der Waals surface area (Å²) in [5.41, 5.74) is 3.84. The van der Waals surface area contributed by atoms with E-state index in [1.54, 1.807) is 11.3 Å². The summed E-state index contributed by atoms with van der Waals surface area (Å²) in [6.07, 6.45) is -0.190. The summed E-state index contributed by atoms with van der Waals surface area (Å²) in [5, 5.41) is 25.4. The van der Waals surface area contributed by atoms with Crippen molar-refractivity contribution in [1.29, 1.82) is 0 Å². The minimum absolute atomic E-state index is 0.00119. The molecule has 2 aromatic heterocycles. The van der Waals surface area contributed by atoms with E-state index in [9.17, 15) is 9.90 Å². The fourth-order valence-corrected chi connectivity index (χ4v) is 4.70. The van der Waals surface area contributed by atoms with Crippen LogP contribution < -0.4 is 10.1 Å². The van der Waals surface area contributed by atoms with Gasteiger partial charge in [0.2, 0.25) is 11.7 Å². The van der Waals surface area contributed by atoms with Crippen molar-refractivity contribution in [3.63, 3.8) is 0 Å². The van der Waals surface area contributed by atoms with Crippen molar-refractivity contribution in [1.82, 2.24) is 20.4 Å². The van der Waals surface area contributed by atoms with Gasteiger partial charge >= 0.3 is 0 Å². The molecule has 3 rings (SSSR count). The Morgan fingerprint density at radius 1 is 1.26 bits per heavy atom. The van der Waals surface area contributed by atoms with E-state index >= 15 is 0 Å². The summed E-state index contributed by atoms with van der Waals surface area (Å²) in [4.78, 5) is 20.1. The lowest BCUT2D eigenvalue weighted by atomic mass is 10.0. The quantitative estimate of drug-likeness (QED) is 0.377. The van der Waals surface area contributed by atoms with Gasteiger partial charge in [0.25, 0.3) is 5.89 Å². The van der Waals surface area contributed by atoms with Crippen LogP contribution in [-0.4, -0.2) is 71.1 Å². The average molecular weight is 489 g/mol. The van der Waals surface area contributed by atoms with Gasteiger partial charge in [0.05, 0.1) is 4.88 Å². The van der Waals surface area contributed by atoms with E-state index in [2.05, 4.69) is 33.3 Å². The fraction of sp³-hybridized carbons (Fsp3) is 0.458. The number of aliphatic hydroxyl groups is 2. The number of aromatic nitrogens is 2. The average Bonchev–Trinajstić information content (AvgIpc) is 3.43. The number of aliphatic hydroxyl groups excluding tert-OH is 2. The minimum Gasteiger partial charge on any atom is -0.490 e. The van der Waals surface area contributed by atoms with Crippen LogP contribution in [0.5, 0.6) is 5.75 Å². The van der Waals surface area contributed by atoms with Gasteiger partial charge in [-0.3, -0.25) is 4.79 Å². The van der Waals surface area contributed by atoms with Crippen LogP contribution in [0.4, 0.5) is 0 Å². The molecule has 10 heteroatoms. The molecule has 9 nitrogen and oxygen atoms in total. The van der Waals surface area contributed by atoms with E-state index < -0.39 is 18.6 Å². The molecular weight excluding hydrogens is 456 g/mol. The lowest BCUT2D eigenvalue weighted by Crippen LogP contribution is -2.36. The maximum absolute atomic E-state index is 11.1. The molecule has 3 N–H and O–H groups in total. The molecule has 184 valence electrons. The number of ether oxygens (including phenoxy) is 1. The molecule has 0 saturated heterocycles. The van der Waals surface area contributed by atoms with Gasteiger partial charge in [-0.25, -0.2) is 0 Å². The second-order valence-corrected chi connectivity index (χ2v) is 9.58. The molecule has 34 heavy (non-hydrogen) atoms. The Balaban J connectivity index is 1.76. The van der Waals surface area contributed by atoms with Gasteiger partial charge in [-0.15, -0.1) is 11.3 Å². The predicted molar refractivity (Wildman–Crippen MR) is 131 cm³/mol. The van der Waals surface area contributed by atoms with Crippen molar-refractivity contribution in [3.8, 4) is 27.9 Å². The van der Waals surface area contributed by atoms with E-state index in [1.807, 2.05) is 40.1 Å². The summed E-state index contributed by atoms with van der Waals surface area (Å²) >= 11 is 1.67. The third-order valence-corrected chi connectivity index (χ3v) is 6.42. The summed E-state index contributed by atoms with van der Waals surface area (Å²) in [5.74, 6) is 1.14. The number of aryl methyl sites for hydroxylation is 3. The Labute approximate surface area is 203 Å². The van der Waals surface area contributed by atoms with E-state index in [0.29, 0.717) is 23.9 Å². The van der Waals surface area contributed by atoms with Gasteiger partial charge in [0, 0.05) is 23.5 Å². The monoisotopic (exact) mass is 488 g/mol. The van der Waals surface area contributed by atoms with Gasteiger partial charge in [0.15, 0.2) is 0 Å². The Hall–Kier alpha value is -2.79. The number of nitrogens with one attached hydrogen (secondary N) is 1. The van der Waals surface area contributed by atoms with Crippen LogP contribution in [0.25, 0.3) is 22.2 Å². The third kappa shape index (κ3) is 6.41. The zero-order chi connectivity index (χ0) is 24.8. The van der Waals surface area contributed by atoms with E-state index in [0.717, 1.165) is 28.1 Å². The first-order valence-electron chi connectivity index (χ1n) is 11.1. The minimum atomic E-state index is -0.899. The standard InChI is InChI=1S/C24H32N4O5S/c1-6-16-9-17(7-15(3)22(16)32-13-18(30)10-25-21(31)12-29)24-26-23(27-33-24)19-8-14(2)20(34-19)11-28(4)5/h7-9,18,29-30H,6,10-13H2,1-5H3,(H,25,31). The molecule has 3 aromatic rings. The molecule has 1 amide bonds. The molecule has 0 aliphatic rings. The maximum Gasteiger partial charge on any atom is 0.258 e. The number of hydrogen-bond acceptors (Lipinski definition) is 9. The Morgan fingerprint density at radius 2 is 2.03 bits per heavy atom. The number of amides is 1. The molecule has 0 radical (unpaired) electrons.